The first-order valence-electron chi connectivity index (χ1n) is 8.53. The maximum Gasteiger partial charge on any atom is 0.0802 e. The van der Waals surface area contributed by atoms with Gasteiger partial charge in [-0.05, 0) is 71.1 Å². The van der Waals surface area contributed by atoms with Crippen molar-refractivity contribution in [3.63, 3.8) is 0 Å². The van der Waals surface area contributed by atoms with Gasteiger partial charge < -0.3 is 5.11 Å². The summed E-state index contributed by atoms with van der Waals surface area (Å²) in [6.07, 6.45) is 15.4. The standard InChI is InChI=1S/C20H34O/c1-16(2)19-12-11-18(4)9-6-8-17(3)10-7-14-20(5,21)15-13-19/h9-10,13,15-16,19,21H,6-8,11-12,14H2,1-5H3/b15-13+,17-10-,18-9+/t19-,20+/m1/s1. The minimum atomic E-state index is -0.682. The Hall–Kier alpha value is -0.820. The van der Waals surface area contributed by atoms with Crippen molar-refractivity contribution in [2.75, 3.05) is 0 Å². The lowest BCUT2D eigenvalue weighted by Gasteiger charge is -2.22. The van der Waals surface area contributed by atoms with E-state index in [9.17, 15) is 5.11 Å². The van der Waals surface area contributed by atoms with Crippen molar-refractivity contribution in [3.8, 4) is 0 Å². The Kier molecular flexibility index (Phi) is 7.45. The van der Waals surface area contributed by atoms with Crippen LogP contribution in [0.4, 0.5) is 0 Å². The van der Waals surface area contributed by atoms with Gasteiger partial charge >= 0.3 is 0 Å². The molecule has 0 saturated heterocycles. The van der Waals surface area contributed by atoms with E-state index in [4.69, 9.17) is 0 Å². The molecule has 21 heavy (non-hydrogen) atoms. The van der Waals surface area contributed by atoms with Gasteiger partial charge in [-0.15, -0.1) is 0 Å². The first kappa shape index (κ1) is 18.2. The van der Waals surface area contributed by atoms with Gasteiger partial charge in [-0.1, -0.05) is 49.3 Å². The second-order valence-corrected chi connectivity index (χ2v) is 7.34. The third-order valence-electron chi connectivity index (χ3n) is 4.61. The Balaban J connectivity index is 2.87. The molecular formula is C20H34O. The molecule has 2 atom stereocenters. The summed E-state index contributed by atoms with van der Waals surface area (Å²) in [5.41, 5.74) is 2.26. The van der Waals surface area contributed by atoms with Crippen LogP contribution in [0.1, 0.15) is 73.1 Å². The molecule has 0 radical (unpaired) electrons. The molecule has 0 aromatic carbocycles. The quantitative estimate of drug-likeness (QED) is 0.604. The largest absolute Gasteiger partial charge is 0.386 e. The van der Waals surface area contributed by atoms with Crippen LogP contribution in [-0.4, -0.2) is 10.7 Å². The second kappa shape index (κ2) is 8.58. The predicted octanol–water partition coefficient (Wildman–Crippen LogP) is 5.81. The Morgan fingerprint density at radius 2 is 1.71 bits per heavy atom. The zero-order chi connectivity index (χ0) is 15.9. The van der Waals surface area contributed by atoms with Gasteiger partial charge in [0.05, 0.1) is 5.60 Å². The molecule has 1 nitrogen and oxygen atoms in total. The lowest BCUT2D eigenvalue weighted by molar-refractivity contribution is 0.102. The van der Waals surface area contributed by atoms with Crippen LogP contribution in [0.3, 0.4) is 0 Å². The highest BCUT2D eigenvalue weighted by Crippen LogP contribution is 2.25. The third kappa shape index (κ3) is 7.66. The van der Waals surface area contributed by atoms with E-state index in [1.54, 1.807) is 0 Å². The first-order valence-corrected chi connectivity index (χ1v) is 8.53. The van der Waals surface area contributed by atoms with E-state index in [1.165, 1.54) is 17.6 Å². The van der Waals surface area contributed by atoms with E-state index in [-0.39, 0.29) is 0 Å². The highest BCUT2D eigenvalue weighted by Gasteiger charge is 2.17. The summed E-state index contributed by atoms with van der Waals surface area (Å²) in [6.45, 7) is 10.9. The Morgan fingerprint density at radius 3 is 2.38 bits per heavy atom. The van der Waals surface area contributed by atoms with Gasteiger partial charge in [0.25, 0.3) is 0 Å². The van der Waals surface area contributed by atoms with E-state index in [1.807, 2.05) is 13.0 Å². The minimum absolute atomic E-state index is 0.556. The van der Waals surface area contributed by atoms with Crippen LogP contribution in [0.25, 0.3) is 0 Å². The molecular weight excluding hydrogens is 256 g/mol. The van der Waals surface area contributed by atoms with E-state index in [0.29, 0.717) is 11.8 Å². The number of aliphatic hydroxyl groups is 1. The van der Waals surface area contributed by atoms with Crippen molar-refractivity contribution in [3.05, 3.63) is 35.5 Å². The SMILES string of the molecule is C/C1=C/CC[C@](C)(O)/C=C/[C@H](C(C)C)CC/C(C)=C/CC1. The minimum Gasteiger partial charge on any atom is -0.386 e. The van der Waals surface area contributed by atoms with Crippen molar-refractivity contribution in [2.24, 2.45) is 11.8 Å². The molecule has 1 rings (SSSR count). The van der Waals surface area contributed by atoms with Gasteiger partial charge in [0, 0.05) is 0 Å². The van der Waals surface area contributed by atoms with Gasteiger partial charge in [0.15, 0.2) is 0 Å². The van der Waals surface area contributed by atoms with Crippen LogP contribution in [-0.2, 0) is 0 Å². The van der Waals surface area contributed by atoms with E-state index >= 15 is 0 Å². The molecule has 0 bridgehead atoms. The number of hydrogen-bond donors (Lipinski definition) is 1. The fourth-order valence-corrected chi connectivity index (χ4v) is 2.82. The Bertz CT molecular complexity index is 396. The molecule has 1 aliphatic carbocycles. The zero-order valence-corrected chi connectivity index (χ0v) is 14.7. The first-order chi connectivity index (χ1) is 9.80. The molecule has 0 aromatic rings. The summed E-state index contributed by atoms with van der Waals surface area (Å²) >= 11 is 0. The molecule has 0 heterocycles. The summed E-state index contributed by atoms with van der Waals surface area (Å²) in [7, 11) is 0. The number of rotatable bonds is 1. The zero-order valence-electron chi connectivity index (χ0n) is 14.7. The summed E-state index contributed by atoms with van der Waals surface area (Å²) in [4.78, 5) is 0. The van der Waals surface area contributed by atoms with Gasteiger partial charge in [-0.25, -0.2) is 0 Å². The Labute approximate surface area is 131 Å². The smallest absolute Gasteiger partial charge is 0.0802 e. The fourth-order valence-electron chi connectivity index (χ4n) is 2.82. The molecule has 0 unspecified atom stereocenters. The fraction of sp³-hybridized carbons (Fsp3) is 0.700. The van der Waals surface area contributed by atoms with Crippen molar-refractivity contribution in [1.29, 1.82) is 0 Å². The summed E-state index contributed by atoms with van der Waals surface area (Å²) in [6, 6.07) is 0. The maximum absolute atomic E-state index is 10.5. The van der Waals surface area contributed by atoms with Crippen molar-refractivity contribution < 1.29 is 5.11 Å². The van der Waals surface area contributed by atoms with E-state index < -0.39 is 5.60 Å². The lowest BCUT2D eigenvalue weighted by atomic mass is 9.87. The highest BCUT2D eigenvalue weighted by atomic mass is 16.3. The molecule has 0 spiro atoms. The molecule has 1 N–H and O–H groups in total. The molecule has 1 heteroatoms. The normalized spacial score (nSPS) is 36.2. The van der Waals surface area contributed by atoms with Crippen molar-refractivity contribution in [1.82, 2.24) is 0 Å². The maximum atomic E-state index is 10.5. The average Bonchev–Trinajstić information content (AvgIpc) is 2.37. The summed E-state index contributed by atoms with van der Waals surface area (Å²) in [5, 5.41) is 10.5. The molecule has 0 fully saturated rings. The molecule has 1 aliphatic rings. The van der Waals surface area contributed by atoms with Crippen molar-refractivity contribution >= 4 is 0 Å². The van der Waals surface area contributed by atoms with Gasteiger partial charge in [-0.3, -0.25) is 0 Å². The second-order valence-electron chi connectivity index (χ2n) is 7.34. The van der Waals surface area contributed by atoms with Crippen molar-refractivity contribution in [2.45, 2.75) is 78.7 Å². The molecule has 120 valence electrons. The van der Waals surface area contributed by atoms with Gasteiger partial charge in [0.1, 0.15) is 0 Å². The van der Waals surface area contributed by atoms with Crippen LogP contribution in [0.5, 0.6) is 0 Å². The van der Waals surface area contributed by atoms with Gasteiger partial charge in [-0.2, -0.15) is 0 Å². The monoisotopic (exact) mass is 290 g/mol. The van der Waals surface area contributed by atoms with Crippen LogP contribution >= 0.6 is 0 Å². The van der Waals surface area contributed by atoms with Crippen LogP contribution in [0.15, 0.2) is 35.5 Å². The number of hydrogen-bond acceptors (Lipinski definition) is 1. The molecule has 0 amide bonds. The highest BCUT2D eigenvalue weighted by molar-refractivity contribution is 5.08. The van der Waals surface area contributed by atoms with Crippen LogP contribution in [0, 0.1) is 11.8 Å². The lowest BCUT2D eigenvalue weighted by Crippen LogP contribution is -2.21. The number of allylic oxidation sites excluding steroid dienone is 5. The molecule has 0 aromatic heterocycles. The van der Waals surface area contributed by atoms with E-state index in [0.717, 1.165) is 32.1 Å². The topological polar surface area (TPSA) is 20.2 Å². The molecule has 0 aliphatic heterocycles. The van der Waals surface area contributed by atoms with E-state index in [2.05, 4.69) is 45.9 Å². The van der Waals surface area contributed by atoms with Crippen LogP contribution in [0.2, 0.25) is 0 Å². The summed E-state index contributed by atoms with van der Waals surface area (Å²) in [5.74, 6) is 1.18. The third-order valence-corrected chi connectivity index (χ3v) is 4.61. The van der Waals surface area contributed by atoms with Crippen LogP contribution < -0.4 is 0 Å². The predicted molar refractivity (Wildman–Crippen MR) is 93.3 cm³/mol. The molecule has 0 saturated carbocycles. The Morgan fingerprint density at radius 1 is 1.10 bits per heavy atom. The van der Waals surface area contributed by atoms with Gasteiger partial charge in [0.2, 0.25) is 0 Å². The summed E-state index contributed by atoms with van der Waals surface area (Å²) < 4.78 is 0. The average molecular weight is 290 g/mol.